The Morgan fingerprint density at radius 2 is 2.12 bits per heavy atom. The Bertz CT molecular complexity index is 688. The van der Waals surface area contributed by atoms with Gasteiger partial charge in [-0.05, 0) is 24.1 Å². The maximum absolute atomic E-state index is 12.2. The van der Waals surface area contributed by atoms with E-state index in [0.717, 1.165) is 12.0 Å². The molecule has 9 heteroatoms. The number of rotatable bonds is 4. The molecule has 2 aliphatic rings. The molecule has 9 nitrogen and oxygen atoms in total. The molecule has 0 aromatic carbocycles. The Hall–Kier alpha value is -2.97. The highest BCUT2D eigenvalue weighted by molar-refractivity contribution is 6.03. The van der Waals surface area contributed by atoms with E-state index >= 15 is 0 Å². The van der Waals surface area contributed by atoms with Gasteiger partial charge in [-0.25, -0.2) is 15.2 Å². The average molecular weight is 329 g/mol. The number of nitrogens with one attached hydrogen (secondary N) is 2. The molecule has 24 heavy (non-hydrogen) atoms. The number of hydrogen-bond acceptors (Lipinski definition) is 7. The van der Waals surface area contributed by atoms with Crippen molar-refractivity contribution in [3.8, 4) is 0 Å². The fraction of sp³-hybridized carbons (Fsp3) is 0.400. The topological polar surface area (TPSA) is 102 Å². The fourth-order valence-electron chi connectivity index (χ4n) is 2.72. The van der Waals surface area contributed by atoms with Gasteiger partial charge in [-0.15, -0.1) is 0 Å². The lowest BCUT2D eigenvalue weighted by atomic mass is 10.1. The summed E-state index contributed by atoms with van der Waals surface area (Å²) in [6, 6.07) is 2.67. The summed E-state index contributed by atoms with van der Waals surface area (Å²) in [5.74, 6) is 0.143. The highest BCUT2D eigenvalue weighted by Gasteiger charge is 2.48. The zero-order chi connectivity index (χ0) is 17.1. The molecular formula is C15H19N7O2. The van der Waals surface area contributed by atoms with Crippen molar-refractivity contribution in [1.82, 2.24) is 25.5 Å². The van der Waals surface area contributed by atoms with Crippen LogP contribution < -0.4 is 10.7 Å². The molecule has 1 fully saturated rings. The summed E-state index contributed by atoms with van der Waals surface area (Å²) in [5, 5.41) is 6.52. The molecule has 3 rings (SSSR count). The van der Waals surface area contributed by atoms with E-state index in [2.05, 4.69) is 25.8 Å². The van der Waals surface area contributed by atoms with Gasteiger partial charge in [0.25, 0.3) is 5.91 Å². The predicted molar refractivity (Wildman–Crippen MR) is 88.3 cm³/mol. The Balaban J connectivity index is 1.79. The van der Waals surface area contributed by atoms with Crippen LogP contribution in [0.5, 0.6) is 0 Å². The molecule has 3 heterocycles. The number of guanidine groups is 1. The van der Waals surface area contributed by atoms with Gasteiger partial charge < -0.3 is 9.80 Å². The summed E-state index contributed by atoms with van der Waals surface area (Å²) in [6.45, 7) is 2.65. The summed E-state index contributed by atoms with van der Waals surface area (Å²) in [4.78, 5) is 35.7. The van der Waals surface area contributed by atoms with Crippen molar-refractivity contribution in [1.29, 1.82) is 0 Å². The van der Waals surface area contributed by atoms with E-state index in [-0.39, 0.29) is 5.91 Å². The SMILES string of the molecule is CCCN1C(N/N=C/c2ccncc2)=NC2C1C(=O)NC(=O)N2C. The summed E-state index contributed by atoms with van der Waals surface area (Å²) >= 11 is 0. The van der Waals surface area contributed by atoms with Crippen LogP contribution in [0, 0.1) is 0 Å². The zero-order valence-electron chi connectivity index (χ0n) is 13.5. The molecular weight excluding hydrogens is 310 g/mol. The molecule has 2 unspecified atom stereocenters. The maximum Gasteiger partial charge on any atom is 0.325 e. The van der Waals surface area contributed by atoms with Gasteiger partial charge in [0.2, 0.25) is 5.96 Å². The van der Waals surface area contributed by atoms with E-state index in [1.807, 2.05) is 24.0 Å². The minimum atomic E-state index is -0.545. The first-order valence-corrected chi connectivity index (χ1v) is 7.73. The van der Waals surface area contributed by atoms with E-state index < -0.39 is 18.2 Å². The van der Waals surface area contributed by atoms with Crippen molar-refractivity contribution in [2.24, 2.45) is 10.1 Å². The molecule has 1 aromatic heterocycles. The standard InChI is InChI=1S/C15H19N7O2/c1-3-8-22-11-12(21(2)15(24)19-13(11)23)18-14(22)20-17-9-10-4-6-16-7-5-10/h4-7,9,11-12H,3,8H2,1-2H3,(H,18,20)(H,19,23,24)/b17-9+. The van der Waals surface area contributed by atoms with Crippen LogP contribution in [-0.4, -0.2) is 64.7 Å². The minimum Gasteiger partial charge on any atom is -0.326 e. The molecule has 0 spiro atoms. The molecule has 126 valence electrons. The Labute approximate surface area is 139 Å². The summed E-state index contributed by atoms with van der Waals surface area (Å²) in [5.41, 5.74) is 3.77. The van der Waals surface area contributed by atoms with Gasteiger partial charge >= 0.3 is 6.03 Å². The monoisotopic (exact) mass is 329 g/mol. The van der Waals surface area contributed by atoms with Crippen molar-refractivity contribution in [3.05, 3.63) is 30.1 Å². The third-order valence-electron chi connectivity index (χ3n) is 3.91. The number of amides is 3. The number of likely N-dealkylation sites (N-methyl/N-ethyl adjacent to an activating group) is 1. The molecule has 3 amide bonds. The number of imide groups is 1. The Morgan fingerprint density at radius 1 is 1.38 bits per heavy atom. The van der Waals surface area contributed by atoms with E-state index in [9.17, 15) is 9.59 Å². The first-order valence-electron chi connectivity index (χ1n) is 7.73. The first kappa shape index (κ1) is 15.9. The number of fused-ring (bicyclic) bond motifs is 1. The molecule has 0 radical (unpaired) electrons. The molecule has 0 aliphatic carbocycles. The highest BCUT2D eigenvalue weighted by Crippen LogP contribution is 2.23. The van der Waals surface area contributed by atoms with Gasteiger partial charge in [-0.3, -0.25) is 15.1 Å². The van der Waals surface area contributed by atoms with Crippen LogP contribution >= 0.6 is 0 Å². The lowest BCUT2D eigenvalue weighted by Gasteiger charge is -2.35. The van der Waals surface area contributed by atoms with Gasteiger partial charge in [0.15, 0.2) is 12.2 Å². The van der Waals surface area contributed by atoms with Crippen LogP contribution in [0.2, 0.25) is 0 Å². The normalized spacial score (nSPS) is 23.3. The van der Waals surface area contributed by atoms with E-state index in [0.29, 0.717) is 12.5 Å². The summed E-state index contributed by atoms with van der Waals surface area (Å²) < 4.78 is 0. The lowest BCUT2D eigenvalue weighted by molar-refractivity contribution is -0.127. The van der Waals surface area contributed by atoms with Crippen molar-refractivity contribution in [2.45, 2.75) is 25.6 Å². The molecule has 2 N–H and O–H groups in total. The third-order valence-corrected chi connectivity index (χ3v) is 3.91. The summed E-state index contributed by atoms with van der Waals surface area (Å²) in [6.07, 6.45) is 5.29. The molecule has 2 atom stereocenters. The number of carbonyl (C=O) groups excluding carboxylic acids is 2. The first-order chi connectivity index (χ1) is 11.6. The number of nitrogens with zero attached hydrogens (tertiary/aromatic N) is 5. The lowest BCUT2D eigenvalue weighted by Crippen LogP contribution is -2.64. The van der Waals surface area contributed by atoms with Crippen LogP contribution in [0.3, 0.4) is 0 Å². The van der Waals surface area contributed by atoms with Crippen LogP contribution in [-0.2, 0) is 4.79 Å². The van der Waals surface area contributed by atoms with E-state index in [4.69, 9.17) is 0 Å². The second-order valence-electron chi connectivity index (χ2n) is 5.56. The van der Waals surface area contributed by atoms with Gasteiger partial charge in [-0.1, -0.05) is 6.92 Å². The van der Waals surface area contributed by atoms with Gasteiger partial charge in [-0.2, -0.15) is 5.10 Å². The van der Waals surface area contributed by atoms with Crippen molar-refractivity contribution >= 4 is 24.1 Å². The Morgan fingerprint density at radius 3 is 2.83 bits per heavy atom. The number of aromatic nitrogens is 1. The molecule has 2 aliphatic heterocycles. The maximum atomic E-state index is 12.2. The molecule has 0 bridgehead atoms. The van der Waals surface area contributed by atoms with Crippen LogP contribution in [0.4, 0.5) is 4.79 Å². The molecule has 0 saturated carbocycles. The highest BCUT2D eigenvalue weighted by atomic mass is 16.2. The summed E-state index contributed by atoms with van der Waals surface area (Å²) in [7, 11) is 1.62. The Kier molecular flexibility index (Phi) is 4.41. The second-order valence-corrected chi connectivity index (χ2v) is 5.56. The zero-order valence-corrected chi connectivity index (χ0v) is 13.5. The number of hydrazone groups is 1. The number of aliphatic imine (C=N–C) groups is 1. The van der Waals surface area contributed by atoms with E-state index in [1.54, 1.807) is 25.7 Å². The number of pyridine rings is 1. The van der Waals surface area contributed by atoms with Gasteiger partial charge in [0.05, 0.1) is 6.21 Å². The van der Waals surface area contributed by atoms with Crippen molar-refractivity contribution in [3.63, 3.8) is 0 Å². The largest absolute Gasteiger partial charge is 0.326 e. The van der Waals surface area contributed by atoms with Crippen LogP contribution in [0.15, 0.2) is 34.6 Å². The minimum absolute atomic E-state index is 0.338. The predicted octanol–water partition coefficient (Wildman–Crippen LogP) is -0.0370. The average Bonchev–Trinajstić information content (AvgIpc) is 2.93. The number of hydrogen-bond donors (Lipinski definition) is 2. The molecule has 1 aromatic rings. The van der Waals surface area contributed by atoms with Gasteiger partial charge in [0, 0.05) is 26.0 Å². The van der Waals surface area contributed by atoms with Crippen LogP contribution in [0.25, 0.3) is 0 Å². The van der Waals surface area contributed by atoms with Gasteiger partial charge in [0.1, 0.15) is 0 Å². The van der Waals surface area contributed by atoms with Crippen molar-refractivity contribution < 1.29 is 9.59 Å². The van der Waals surface area contributed by atoms with Crippen LogP contribution in [0.1, 0.15) is 18.9 Å². The number of urea groups is 1. The quantitative estimate of drug-likeness (QED) is 0.596. The number of carbonyl (C=O) groups is 2. The second kappa shape index (κ2) is 6.65. The van der Waals surface area contributed by atoms with E-state index in [1.165, 1.54) is 4.90 Å². The third kappa shape index (κ3) is 2.92. The smallest absolute Gasteiger partial charge is 0.325 e. The molecule has 1 saturated heterocycles. The van der Waals surface area contributed by atoms with Crippen molar-refractivity contribution in [2.75, 3.05) is 13.6 Å². The fourth-order valence-corrected chi connectivity index (χ4v) is 2.72.